The second-order valence-electron chi connectivity index (χ2n) is 2.21. The van der Waals surface area contributed by atoms with Gasteiger partial charge in [0.25, 0.3) is 0 Å². The third-order valence-corrected chi connectivity index (χ3v) is 1.50. The Morgan fingerprint density at radius 2 is 2.50 bits per heavy atom. The van der Waals surface area contributed by atoms with Crippen LogP contribution in [0.15, 0.2) is 16.7 Å². The molecule has 0 spiro atoms. The molecule has 1 heteroatoms. The highest BCUT2D eigenvalue weighted by atomic mass is 16.3. The van der Waals surface area contributed by atoms with Crippen molar-refractivity contribution in [2.75, 3.05) is 0 Å². The molecular weight excluding hydrogens is 124 g/mol. The summed E-state index contributed by atoms with van der Waals surface area (Å²) < 4.78 is 5.09. The zero-order valence-corrected chi connectivity index (χ0v) is 6.05. The van der Waals surface area contributed by atoms with Gasteiger partial charge in [0, 0.05) is 6.42 Å². The Balaban J connectivity index is 2.59. The fourth-order valence-corrected chi connectivity index (χ4v) is 0.877. The van der Waals surface area contributed by atoms with E-state index in [1.807, 2.05) is 13.0 Å². The van der Waals surface area contributed by atoms with Crippen molar-refractivity contribution < 1.29 is 4.42 Å². The van der Waals surface area contributed by atoms with Gasteiger partial charge in [-0.05, 0) is 25.0 Å². The van der Waals surface area contributed by atoms with Crippen LogP contribution in [-0.2, 0) is 6.42 Å². The molecule has 1 aromatic heterocycles. The van der Waals surface area contributed by atoms with Crippen molar-refractivity contribution in [3.8, 4) is 12.3 Å². The minimum atomic E-state index is 0.792. The quantitative estimate of drug-likeness (QED) is 0.565. The zero-order chi connectivity index (χ0) is 7.40. The molecule has 0 atom stereocenters. The lowest BCUT2D eigenvalue weighted by Gasteiger charge is -1.90. The molecule has 1 rings (SSSR count). The van der Waals surface area contributed by atoms with E-state index in [1.54, 1.807) is 6.26 Å². The van der Waals surface area contributed by atoms with E-state index in [2.05, 4.69) is 5.92 Å². The summed E-state index contributed by atoms with van der Waals surface area (Å²) in [5, 5.41) is 0. The molecule has 52 valence electrons. The predicted octanol–water partition coefficient (Wildman–Crippen LogP) is 2.15. The first-order chi connectivity index (χ1) is 4.84. The minimum absolute atomic E-state index is 0.792. The van der Waals surface area contributed by atoms with Crippen molar-refractivity contribution in [2.45, 2.75) is 19.8 Å². The van der Waals surface area contributed by atoms with Crippen LogP contribution >= 0.6 is 0 Å². The maximum atomic E-state index is 5.11. The Morgan fingerprint density at radius 1 is 1.70 bits per heavy atom. The van der Waals surface area contributed by atoms with E-state index in [9.17, 15) is 0 Å². The van der Waals surface area contributed by atoms with E-state index in [0.29, 0.717) is 0 Å². The van der Waals surface area contributed by atoms with Crippen LogP contribution in [0, 0.1) is 19.3 Å². The summed E-state index contributed by atoms with van der Waals surface area (Å²) in [6.07, 6.45) is 8.53. The van der Waals surface area contributed by atoms with Crippen molar-refractivity contribution >= 4 is 0 Å². The Bertz CT molecular complexity index is 239. The Kier molecular flexibility index (Phi) is 2.17. The van der Waals surface area contributed by atoms with Gasteiger partial charge in [-0.1, -0.05) is 0 Å². The van der Waals surface area contributed by atoms with Gasteiger partial charge in [-0.2, -0.15) is 0 Å². The fourth-order valence-electron chi connectivity index (χ4n) is 0.877. The van der Waals surface area contributed by atoms with Crippen LogP contribution in [0.4, 0.5) is 0 Å². The molecule has 1 aromatic rings. The van der Waals surface area contributed by atoms with E-state index in [0.717, 1.165) is 18.6 Å². The number of hydrogen-bond donors (Lipinski definition) is 0. The van der Waals surface area contributed by atoms with Crippen LogP contribution in [0.1, 0.15) is 17.7 Å². The van der Waals surface area contributed by atoms with Crippen LogP contribution in [0.3, 0.4) is 0 Å². The molecule has 1 nitrogen and oxygen atoms in total. The fraction of sp³-hybridized carbons (Fsp3) is 0.333. The van der Waals surface area contributed by atoms with Crippen LogP contribution in [0.2, 0.25) is 0 Å². The van der Waals surface area contributed by atoms with Crippen molar-refractivity contribution in [2.24, 2.45) is 0 Å². The first-order valence-corrected chi connectivity index (χ1v) is 3.31. The monoisotopic (exact) mass is 134 g/mol. The Morgan fingerprint density at radius 3 is 3.00 bits per heavy atom. The molecule has 0 aliphatic heterocycles. The highest BCUT2D eigenvalue weighted by molar-refractivity contribution is 5.16. The SMILES string of the molecule is C#CCCc1ccoc1C. The van der Waals surface area contributed by atoms with Crippen molar-refractivity contribution in [3.05, 3.63) is 23.7 Å². The summed E-state index contributed by atoms with van der Waals surface area (Å²) in [6.45, 7) is 1.95. The number of aryl methyl sites for hydroxylation is 2. The number of hydrogen-bond acceptors (Lipinski definition) is 1. The van der Waals surface area contributed by atoms with E-state index < -0.39 is 0 Å². The zero-order valence-electron chi connectivity index (χ0n) is 6.05. The third kappa shape index (κ3) is 1.41. The molecular formula is C9H10O. The topological polar surface area (TPSA) is 13.1 Å². The van der Waals surface area contributed by atoms with Crippen molar-refractivity contribution in [3.63, 3.8) is 0 Å². The van der Waals surface area contributed by atoms with Gasteiger partial charge in [-0.25, -0.2) is 0 Å². The number of furan rings is 1. The van der Waals surface area contributed by atoms with Gasteiger partial charge >= 0.3 is 0 Å². The smallest absolute Gasteiger partial charge is 0.103 e. The Hall–Kier alpha value is -1.16. The van der Waals surface area contributed by atoms with Crippen molar-refractivity contribution in [1.29, 1.82) is 0 Å². The molecule has 0 saturated heterocycles. The molecule has 0 fully saturated rings. The summed E-state index contributed by atoms with van der Waals surface area (Å²) in [7, 11) is 0. The Labute approximate surface area is 61.0 Å². The molecule has 10 heavy (non-hydrogen) atoms. The predicted molar refractivity (Wildman–Crippen MR) is 40.6 cm³/mol. The largest absolute Gasteiger partial charge is 0.469 e. The van der Waals surface area contributed by atoms with Gasteiger partial charge in [0.15, 0.2) is 0 Å². The van der Waals surface area contributed by atoms with Crippen molar-refractivity contribution in [1.82, 2.24) is 0 Å². The summed E-state index contributed by atoms with van der Waals surface area (Å²) in [5.41, 5.74) is 1.22. The molecule has 0 saturated carbocycles. The van der Waals surface area contributed by atoms with E-state index in [-0.39, 0.29) is 0 Å². The first kappa shape index (κ1) is 6.95. The number of terminal acetylenes is 1. The van der Waals surface area contributed by atoms with E-state index in [4.69, 9.17) is 10.8 Å². The lowest BCUT2D eigenvalue weighted by atomic mass is 10.1. The van der Waals surface area contributed by atoms with Crippen LogP contribution in [0.25, 0.3) is 0 Å². The summed E-state index contributed by atoms with van der Waals surface area (Å²) >= 11 is 0. The summed E-state index contributed by atoms with van der Waals surface area (Å²) in [6, 6.07) is 1.96. The summed E-state index contributed by atoms with van der Waals surface area (Å²) in [5.74, 6) is 3.57. The van der Waals surface area contributed by atoms with Crippen LogP contribution in [0.5, 0.6) is 0 Å². The van der Waals surface area contributed by atoms with Gasteiger partial charge in [-0.15, -0.1) is 12.3 Å². The molecule has 0 radical (unpaired) electrons. The normalized spacial score (nSPS) is 9.20. The highest BCUT2D eigenvalue weighted by Gasteiger charge is 1.97. The van der Waals surface area contributed by atoms with Crippen LogP contribution < -0.4 is 0 Å². The molecule has 0 unspecified atom stereocenters. The lowest BCUT2D eigenvalue weighted by Crippen LogP contribution is -1.81. The van der Waals surface area contributed by atoms with Gasteiger partial charge in [0.1, 0.15) is 5.76 Å². The molecule has 1 heterocycles. The molecule has 0 N–H and O–H groups in total. The average molecular weight is 134 g/mol. The third-order valence-electron chi connectivity index (χ3n) is 1.50. The second kappa shape index (κ2) is 3.12. The van der Waals surface area contributed by atoms with Gasteiger partial charge < -0.3 is 4.42 Å². The van der Waals surface area contributed by atoms with Gasteiger partial charge in [0.05, 0.1) is 6.26 Å². The second-order valence-corrected chi connectivity index (χ2v) is 2.21. The molecule has 0 aliphatic carbocycles. The highest BCUT2D eigenvalue weighted by Crippen LogP contribution is 2.10. The summed E-state index contributed by atoms with van der Waals surface area (Å²) in [4.78, 5) is 0. The minimum Gasteiger partial charge on any atom is -0.469 e. The van der Waals surface area contributed by atoms with Gasteiger partial charge in [-0.3, -0.25) is 0 Å². The molecule has 0 aliphatic rings. The maximum Gasteiger partial charge on any atom is 0.103 e. The van der Waals surface area contributed by atoms with Crippen LogP contribution in [-0.4, -0.2) is 0 Å². The average Bonchev–Trinajstić information content (AvgIpc) is 2.31. The van der Waals surface area contributed by atoms with Gasteiger partial charge in [0.2, 0.25) is 0 Å². The molecule has 0 amide bonds. The molecule has 0 bridgehead atoms. The maximum absolute atomic E-state index is 5.11. The number of rotatable bonds is 2. The molecule has 0 aromatic carbocycles. The standard InChI is InChI=1S/C9H10O/c1-3-4-5-9-6-7-10-8(9)2/h1,6-7H,4-5H2,2H3. The van der Waals surface area contributed by atoms with E-state index >= 15 is 0 Å². The van der Waals surface area contributed by atoms with E-state index in [1.165, 1.54) is 5.56 Å². The first-order valence-electron chi connectivity index (χ1n) is 3.31. The lowest BCUT2D eigenvalue weighted by molar-refractivity contribution is 0.530.